The Kier molecular flexibility index (Phi) is 7.14. The Morgan fingerprint density at radius 1 is 0.559 bits per heavy atom. The van der Waals surface area contributed by atoms with Gasteiger partial charge in [0, 0.05) is 45.1 Å². The van der Waals surface area contributed by atoms with E-state index in [0.29, 0.717) is 0 Å². The number of benzene rings is 2. The van der Waals surface area contributed by atoms with E-state index in [0.717, 1.165) is 64.2 Å². The van der Waals surface area contributed by atoms with Crippen LogP contribution in [0.5, 0.6) is 0 Å². The molecular formula is C26H28N2O6-2. The van der Waals surface area contributed by atoms with Gasteiger partial charge in [-0.05, 0) is 37.8 Å². The number of carbonyl (C=O) groups is 4. The molecule has 8 nitrogen and oxygen atoms in total. The molecule has 0 aromatic heterocycles. The molecule has 8 heteroatoms. The number of carbonyl (C=O) groups excluding carboxylic acids is 4. The van der Waals surface area contributed by atoms with Gasteiger partial charge in [0.1, 0.15) is 0 Å². The molecule has 0 bridgehead atoms. The lowest BCUT2D eigenvalue weighted by Crippen LogP contribution is -2.37. The number of hydrogen-bond acceptors (Lipinski definition) is 6. The van der Waals surface area contributed by atoms with Crippen LogP contribution in [0, 0.1) is 0 Å². The molecule has 0 radical (unpaired) electrons. The molecule has 2 fully saturated rings. The summed E-state index contributed by atoms with van der Waals surface area (Å²) < 4.78 is 0. The smallest absolute Gasteiger partial charge is 0.252 e. The van der Waals surface area contributed by atoms with E-state index in [1.165, 1.54) is 24.3 Å². The van der Waals surface area contributed by atoms with Crippen LogP contribution in [0.3, 0.4) is 0 Å². The van der Waals surface area contributed by atoms with E-state index in [1.807, 2.05) is 0 Å². The van der Waals surface area contributed by atoms with Crippen molar-refractivity contribution >= 4 is 34.5 Å². The van der Waals surface area contributed by atoms with Crippen molar-refractivity contribution in [3.05, 3.63) is 46.5 Å². The van der Waals surface area contributed by atoms with Gasteiger partial charge < -0.3 is 30.4 Å². The van der Waals surface area contributed by atoms with E-state index < -0.39 is 23.8 Å². The lowest BCUT2D eigenvalue weighted by Gasteiger charge is -2.25. The quantitative estimate of drug-likeness (QED) is 0.667. The summed E-state index contributed by atoms with van der Waals surface area (Å²) in [6.45, 7) is 0. The first-order valence-corrected chi connectivity index (χ1v) is 12.0. The Labute approximate surface area is 197 Å². The fraction of sp³-hybridized carbons (Fsp3) is 0.462. The molecule has 2 aromatic rings. The van der Waals surface area contributed by atoms with Crippen molar-refractivity contribution in [3.8, 4) is 0 Å². The summed E-state index contributed by atoms with van der Waals surface area (Å²) in [7, 11) is 0. The number of nitrogens with one attached hydrogen (secondary N) is 2. The lowest BCUT2D eigenvalue weighted by molar-refractivity contribution is -0.256. The number of aromatic carboxylic acids is 2. The molecule has 0 heterocycles. The van der Waals surface area contributed by atoms with Gasteiger partial charge in [-0.1, -0.05) is 50.7 Å². The Morgan fingerprint density at radius 2 is 0.882 bits per heavy atom. The number of carboxylic acids is 2. The third-order valence-corrected chi connectivity index (χ3v) is 6.97. The molecule has 2 aliphatic carbocycles. The highest BCUT2D eigenvalue weighted by molar-refractivity contribution is 6.23. The first-order valence-electron chi connectivity index (χ1n) is 12.0. The molecule has 34 heavy (non-hydrogen) atoms. The van der Waals surface area contributed by atoms with Crippen LogP contribution >= 0.6 is 0 Å². The molecule has 0 unspecified atom stereocenters. The molecular weight excluding hydrogens is 436 g/mol. The van der Waals surface area contributed by atoms with Crippen LogP contribution in [-0.2, 0) is 0 Å². The number of fused-ring (bicyclic) bond motifs is 1. The average molecular weight is 465 g/mol. The van der Waals surface area contributed by atoms with E-state index in [-0.39, 0.29) is 45.1 Å². The second-order valence-corrected chi connectivity index (χ2v) is 9.26. The van der Waals surface area contributed by atoms with Crippen molar-refractivity contribution in [3.63, 3.8) is 0 Å². The predicted molar refractivity (Wildman–Crippen MR) is 121 cm³/mol. The summed E-state index contributed by atoms with van der Waals surface area (Å²) in [5, 5.41) is 29.5. The number of carboxylic acid groups (broad SMARTS) is 2. The van der Waals surface area contributed by atoms with E-state index in [9.17, 15) is 29.4 Å². The lowest BCUT2D eigenvalue weighted by atomic mass is 9.89. The van der Waals surface area contributed by atoms with E-state index in [2.05, 4.69) is 10.6 Å². The van der Waals surface area contributed by atoms with Crippen molar-refractivity contribution in [2.24, 2.45) is 0 Å². The zero-order chi connectivity index (χ0) is 24.2. The number of amides is 2. The van der Waals surface area contributed by atoms with Crippen LogP contribution in [-0.4, -0.2) is 35.8 Å². The summed E-state index contributed by atoms with van der Waals surface area (Å²) in [6, 6.07) is 4.87. The molecule has 2 amide bonds. The normalized spacial score (nSPS) is 17.3. The van der Waals surface area contributed by atoms with Gasteiger partial charge >= 0.3 is 0 Å². The second kappa shape index (κ2) is 10.2. The van der Waals surface area contributed by atoms with Crippen molar-refractivity contribution in [1.82, 2.24) is 10.6 Å². The minimum atomic E-state index is -1.56. The van der Waals surface area contributed by atoms with Crippen LogP contribution < -0.4 is 20.8 Å². The Bertz CT molecular complexity index is 1040. The zero-order valence-corrected chi connectivity index (χ0v) is 19.0. The molecule has 2 N–H and O–H groups in total. The van der Waals surface area contributed by atoms with Gasteiger partial charge in [-0.2, -0.15) is 0 Å². The Morgan fingerprint density at radius 3 is 1.21 bits per heavy atom. The SMILES string of the molecule is O=C([O-])c1ccc(C(=O)NC2CCCCC2)c2c(C(=O)[O-])ccc(C(=O)NC3CCCCC3)c12. The first kappa shape index (κ1) is 23.7. The second-order valence-electron chi connectivity index (χ2n) is 9.26. The largest absolute Gasteiger partial charge is 0.545 e. The minimum Gasteiger partial charge on any atom is -0.545 e. The highest BCUT2D eigenvalue weighted by Gasteiger charge is 2.25. The molecule has 0 saturated heterocycles. The summed E-state index contributed by atoms with van der Waals surface area (Å²) in [4.78, 5) is 50.3. The highest BCUT2D eigenvalue weighted by atomic mass is 16.4. The van der Waals surface area contributed by atoms with E-state index in [4.69, 9.17) is 0 Å². The molecule has 0 spiro atoms. The van der Waals surface area contributed by atoms with Crippen molar-refractivity contribution in [1.29, 1.82) is 0 Å². The molecule has 2 aromatic carbocycles. The maximum absolute atomic E-state index is 13.2. The third-order valence-electron chi connectivity index (χ3n) is 6.97. The van der Waals surface area contributed by atoms with Gasteiger partial charge in [-0.15, -0.1) is 0 Å². The Balaban J connectivity index is 1.83. The van der Waals surface area contributed by atoms with Gasteiger partial charge in [0.2, 0.25) is 0 Å². The van der Waals surface area contributed by atoms with Crippen LogP contribution in [0.1, 0.15) is 106 Å². The van der Waals surface area contributed by atoms with Gasteiger partial charge in [0.05, 0.1) is 11.9 Å². The Hall–Kier alpha value is -3.42. The van der Waals surface area contributed by atoms with Gasteiger partial charge in [-0.3, -0.25) is 9.59 Å². The molecule has 180 valence electrons. The standard InChI is InChI=1S/C26H30N2O6/c29-23(27-15-7-3-1-4-8-15)17-11-13-20(26(33)34)22-18(12-14-19(21(17)22)25(31)32)24(30)28-16-9-5-2-6-10-16/h11-16H,1-10H2,(H,27,29)(H,28,30)(H,31,32)(H,33,34)/p-2. The minimum absolute atomic E-state index is 0.00269. The topological polar surface area (TPSA) is 138 Å². The molecule has 4 rings (SSSR count). The number of rotatable bonds is 6. The van der Waals surface area contributed by atoms with Gasteiger partial charge in [0.25, 0.3) is 11.8 Å². The third kappa shape index (κ3) is 4.90. The van der Waals surface area contributed by atoms with Crippen LogP contribution in [0.15, 0.2) is 24.3 Å². The molecule has 2 saturated carbocycles. The van der Waals surface area contributed by atoms with Crippen LogP contribution in [0.4, 0.5) is 0 Å². The fourth-order valence-corrected chi connectivity index (χ4v) is 5.23. The summed E-state index contributed by atoms with van der Waals surface area (Å²) in [5.74, 6) is -4.14. The number of hydrogen-bond donors (Lipinski definition) is 2. The van der Waals surface area contributed by atoms with Crippen molar-refractivity contribution < 1.29 is 29.4 Å². The maximum atomic E-state index is 13.2. The van der Waals surface area contributed by atoms with Crippen LogP contribution in [0.25, 0.3) is 10.8 Å². The maximum Gasteiger partial charge on any atom is 0.252 e. The summed E-state index contributed by atoms with van der Waals surface area (Å²) in [6.07, 6.45) is 9.46. The van der Waals surface area contributed by atoms with Crippen molar-refractivity contribution in [2.75, 3.05) is 0 Å². The van der Waals surface area contributed by atoms with Crippen molar-refractivity contribution in [2.45, 2.75) is 76.3 Å². The average Bonchev–Trinajstić information content (AvgIpc) is 2.83. The van der Waals surface area contributed by atoms with Gasteiger partial charge in [-0.25, -0.2) is 0 Å². The molecule has 0 atom stereocenters. The summed E-state index contributed by atoms with van der Waals surface area (Å²) in [5.41, 5.74) is -0.698. The van der Waals surface area contributed by atoms with E-state index in [1.54, 1.807) is 0 Å². The zero-order valence-electron chi connectivity index (χ0n) is 19.0. The highest BCUT2D eigenvalue weighted by Crippen LogP contribution is 2.31. The molecule has 0 aliphatic heterocycles. The van der Waals surface area contributed by atoms with Gasteiger partial charge in [0.15, 0.2) is 0 Å². The fourth-order valence-electron chi connectivity index (χ4n) is 5.23. The summed E-state index contributed by atoms with van der Waals surface area (Å²) >= 11 is 0. The first-order chi connectivity index (χ1) is 16.4. The predicted octanol–water partition coefficient (Wildman–Crippen LogP) is 1.69. The van der Waals surface area contributed by atoms with E-state index >= 15 is 0 Å². The monoisotopic (exact) mass is 464 g/mol. The van der Waals surface area contributed by atoms with Crippen LogP contribution in [0.2, 0.25) is 0 Å². The molecule has 2 aliphatic rings.